The van der Waals surface area contributed by atoms with Crippen LogP contribution < -0.4 is 19.5 Å². The Morgan fingerprint density at radius 1 is 0.971 bits per heavy atom. The number of amides is 1. The van der Waals surface area contributed by atoms with E-state index in [0.29, 0.717) is 42.6 Å². The number of nitrogens with zero attached hydrogens (tertiary/aromatic N) is 1. The zero-order valence-electron chi connectivity index (χ0n) is 19.8. The molecule has 0 aromatic heterocycles. The van der Waals surface area contributed by atoms with Crippen LogP contribution in [0.3, 0.4) is 0 Å². The van der Waals surface area contributed by atoms with Crippen molar-refractivity contribution in [2.75, 3.05) is 19.8 Å². The first-order chi connectivity index (χ1) is 16.5. The van der Waals surface area contributed by atoms with E-state index in [1.165, 1.54) is 12.2 Å². The average molecular weight is 463 g/mol. The minimum Gasteiger partial charge on any atom is -0.490 e. The van der Waals surface area contributed by atoms with Gasteiger partial charge in [0.25, 0.3) is 5.91 Å². The molecule has 0 spiro atoms. The summed E-state index contributed by atoms with van der Waals surface area (Å²) in [6, 6.07) is 13.9. The van der Waals surface area contributed by atoms with E-state index in [1.807, 2.05) is 32.9 Å². The van der Waals surface area contributed by atoms with Crippen LogP contribution in [-0.4, -0.2) is 31.6 Å². The number of nitriles is 1. The van der Waals surface area contributed by atoms with Gasteiger partial charge in [-0.3, -0.25) is 4.79 Å². The smallest absolute Gasteiger partial charge is 0.336 e. The van der Waals surface area contributed by atoms with Crippen molar-refractivity contribution in [1.29, 1.82) is 5.26 Å². The third-order valence-corrected chi connectivity index (χ3v) is 4.57. The van der Waals surface area contributed by atoms with Crippen molar-refractivity contribution in [1.82, 2.24) is 5.32 Å². The summed E-state index contributed by atoms with van der Waals surface area (Å²) in [7, 11) is 0. The molecule has 178 valence electrons. The molecule has 1 N–H and O–H groups in total. The summed E-state index contributed by atoms with van der Waals surface area (Å²) in [4.78, 5) is 24.3. The van der Waals surface area contributed by atoms with Gasteiger partial charge in [0.05, 0.1) is 13.2 Å². The normalized spacial score (nSPS) is 11.1. The maximum atomic E-state index is 12.2. The average Bonchev–Trinajstić information content (AvgIpc) is 2.84. The molecule has 0 atom stereocenters. The van der Waals surface area contributed by atoms with Crippen LogP contribution in [0.15, 0.2) is 54.1 Å². The summed E-state index contributed by atoms with van der Waals surface area (Å²) in [5.74, 6) is 0.663. The van der Waals surface area contributed by atoms with Crippen molar-refractivity contribution in [3.8, 4) is 23.3 Å². The maximum absolute atomic E-state index is 12.2. The molecule has 1 amide bonds. The molecule has 0 saturated heterocycles. The highest BCUT2D eigenvalue weighted by atomic mass is 16.5. The molecule has 7 heteroatoms. The number of benzene rings is 2. The molecule has 2 aromatic rings. The van der Waals surface area contributed by atoms with Crippen molar-refractivity contribution in [2.24, 2.45) is 0 Å². The molecule has 7 nitrogen and oxygen atoms in total. The van der Waals surface area contributed by atoms with Crippen molar-refractivity contribution in [2.45, 2.75) is 33.6 Å². The molecule has 0 bridgehead atoms. The van der Waals surface area contributed by atoms with Gasteiger partial charge in [0, 0.05) is 12.6 Å². The second-order valence-electron chi connectivity index (χ2n) is 7.17. The minimum atomic E-state index is -0.539. The Labute approximate surface area is 200 Å². The van der Waals surface area contributed by atoms with Crippen LogP contribution in [0, 0.1) is 11.3 Å². The van der Waals surface area contributed by atoms with Gasteiger partial charge in [-0.2, -0.15) is 5.26 Å². The molecule has 0 aliphatic rings. The first kappa shape index (κ1) is 26.2. The number of ether oxygens (including phenoxy) is 3. The van der Waals surface area contributed by atoms with Gasteiger partial charge in [0.2, 0.25) is 0 Å². The van der Waals surface area contributed by atoms with Crippen molar-refractivity contribution < 1.29 is 23.8 Å². The molecular formula is C27H30N2O5. The van der Waals surface area contributed by atoms with E-state index in [9.17, 15) is 14.9 Å². The Hall–Kier alpha value is -4.05. The summed E-state index contributed by atoms with van der Waals surface area (Å²) in [6.45, 7) is 7.37. The number of nitrogens with one attached hydrogen (secondary N) is 1. The van der Waals surface area contributed by atoms with Crippen LogP contribution in [-0.2, 0) is 9.59 Å². The Bertz CT molecular complexity index is 1070. The van der Waals surface area contributed by atoms with Gasteiger partial charge >= 0.3 is 5.97 Å². The molecule has 0 saturated carbocycles. The lowest BCUT2D eigenvalue weighted by Gasteiger charge is -2.11. The molecule has 0 heterocycles. The lowest BCUT2D eigenvalue weighted by Crippen LogP contribution is -2.25. The Morgan fingerprint density at radius 2 is 1.65 bits per heavy atom. The fourth-order valence-electron chi connectivity index (χ4n) is 2.91. The SMILES string of the molecule is CCCCNC(=O)/C(C#N)=C/c1ccc(OC(=O)/C=C/c2ccc(OCC)c(OCC)c2)cc1. The van der Waals surface area contributed by atoms with E-state index in [-0.39, 0.29) is 5.57 Å². The van der Waals surface area contributed by atoms with E-state index < -0.39 is 11.9 Å². The fourth-order valence-corrected chi connectivity index (χ4v) is 2.91. The van der Waals surface area contributed by atoms with Crippen molar-refractivity contribution in [3.63, 3.8) is 0 Å². The standard InChI is InChI=1S/C27H30N2O5/c1-4-7-16-29-27(31)22(19-28)17-20-8-12-23(13-9-20)34-26(30)15-11-21-10-14-24(32-5-2)25(18-21)33-6-3/h8-15,17-18H,4-7,16H2,1-3H3,(H,29,31)/b15-11+,22-17+. The molecule has 0 unspecified atom stereocenters. The summed E-state index contributed by atoms with van der Waals surface area (Å²) in [5, 5.41) is 12.0. The van der Waals surface area contributed by atoms with Crippen LogP contribution in [0.4, 0.5) is 0 Å². The number of hydrogen-bond donors (Lipinski definition) is 1. The number of esters is 1. The highest BCUT2D eigenvalue weighted by Gasteiger charge is 2.09. The van der Waals surface area contributed by atoms with E-state index in [2.05, 4.69) is 5.32 Å². The number of carbonyl (C=O) groups excluding carboxylic acids is 2. The van der Waals surface area contributed by atoms with Gasteiger partial charge in [-0.15, -0.1) is 0 Å². The minimum absolute atomic E-state index is 0.0190. The Balaban J connectivity index is 2.00. The van der Waals surface area contributed by atoms with Crippen molar-refractivity contribution >= 4 is 24.0 Å². The van der Waals surface area contributed by atoms with Gasteiger partial charge in [-0.1, -0.05) is 31.5 Å². The molecule has 0 fully saturated rings. The lowest BCUT2D eigenvalue weighted by molar-refractivity contribution is -0.128. The summed E-state index contributed by atoms with van der Waals surface area (Å²) in [5.41, 5.74) is 1.44. The number of carbonyl (C=O) groups is 2. The lowest BCUT2D eigenvalue weighted by atomic mass is 10.1. The van der Waals surface area contributed by atoms with E-state index in [0.717, 1.165) is 18.4 Å². The highest BCUT2D eigenvalue weighted by molar-refractivity contribution is 6.01. The monoisotopic (exact) mass is 462 g/mol. The molecule has 0 radical (unpaired) electrons. The van der Waals surface area contributed by atoms with Gasteiger partial charge in [0.15, 0.2) is 11.5 Å². The third kappa shape index (κ3) is 8.47. The first-order valence-electron chi connectivity index (χ1n) is 11.3. The largest absolute Gasteiger partial charge is 0.490 e. The third-order valence-electron chi connectivity index (χ3n) is 4.57. The molecule has 2 rings (SSSR count). The summed E-state index contributed by atoms with van der Waals surface area (Å²) in [6.07, 6.45) is 6.26. The van der Waals surface area contributed by atoms with Crippen molar-refractivity contribution in [3.05, 3.63) is 65.2 Å². The summed E-state index contributed by atoms with van der Waals surface area (Å²) >= 11 is 0. The van der Waals surface area contributed by atoms with E-state index >= 15 is 0 Å². The van der Waals surface area contributed by atoms with E-state index in [4.69, 9.17) is 14.2 Å². The summed E-state index contributed by atoms with van der Waals surface area (Å²) < 4.78 is 16.5. The fraction of sp³-hybridized carbons (Fsp3) is 0.296. The van der Waals surface area contributed by atoms with Gasteiger partial charge < -0.3 is 19.5 Å². The van der Waals surface area contributed by atoms with Gasteiger partial charge in [-0.25, -0.2) is 4.79 Å². The molecule has 0 aliphatic heterocycles. The quantitative estimate of drug-likeness (QED) is 0.158. The van der Waals surface area contributed by atoms with Crippen LogP contribution >= 0.6 is 0 Å². The number of rotatable bonds is 12. The predicted octanol–water partition coefficient (Wildman–Crippen LogP) is 4.93. The van der Waals surface area contributed by atoms with Crippen LogP contribution in [0.2, 0.25) is 0 Å². The van der Waals surface area contributed by atoms with E-state index in [1.54, 1.807) is 42.5 Å². The second kappa shape index (κ2) is 14.2. The topological polar surface area (TPSA) is 97.7 Å². The number of unbranched alkanes of at least 4 members (excludes halogenated alkanes) is 1. The van der Waals surface area contributed by atoms with Crippen LogP contribution in [0.5, 0.6) is 17.2 Å². The molecule has 34 heavy (non-hydrogen) atoms. The molecule has 0 aliphatic carbocycles. The zero-order valence-corrected chi connectivity index (χ0v) is 19.8. The Morgan fingerprint density at radius 3 is 2.29 bits per heavy atom. The second-order valence-corrected chi connectivity index (χ2v) is 7.17. The molecule has 2 aromatic carbocycles. The molecular weight excluding hydrogens is 432 g/mol. The highest BCUT2D eigenvalue weighted by Crippen LogP contribution is 2.29. The van der Waals surface area contributed by atoms with Gasteiger partial charge in [-0.05, 0) is 67.8 Å². The van der Waals surface area contributed by atoms with Crippen LogP contribution in [0.1, 0.15) is 44.7 Å². The first-order valence-corrected chi connectivity index (χ1v) is 11.3. The predicted molar refractivity (Wildman–Crippen MR) is 131 cm³/mol. The number of hydrogen-bond acceptors (Lipinski definition) is 6. The van der Waals surface area contributed by atoms with Gasteiger partial charge in [0.1, 0.15) is 17.4 Å². The Kier molecular flexibility index (Phi) is 10.9. The zero-order chi connectivity index (χ0) is 24.8. The maximum Gasteiger partial charge on any atom is 0.336 e. The van der Waals surface area contributed by atoms with Crippen LogP contribution in [0.25, 0.3) is 12.2 Å².